The molecular formula is C18H24N4O2S. The summed E-state index contributed by atoms with van der Waals surface area (Å²) in [5, 5.41) is 13.9. The van der Waals surface area contributed by atoms with Crippen molar-refractivity contribution in [3.63, 3.8) is 0 Å². The Morgan fingerprint density at radius 3 is 2.88 bits per heavy atom. The minimum atomic E-state index is -0.384. The van der Waals surface area contributed by atoms with E-state index in [0.29, 0.717) is 6.54 Å². The summed E-state index contributed by atoms with van der Waals surface area (Å²) in [6.45, 7) is 2.95. The van der Waals surface area contributed by atoms with Gasteiger partial charge in [0.2, 0.25) is 0 Å². The summed E-state index contributed by atoms with van der Waals surface area (Å²) in [5.74, 6) is 0. The lowest BCUT2D eigenvalue weighted by Gasteiger charge is -2.36. The summed E-state index contributed by atoms with van der Waals surface area (Å²) in [5.41, 5.74) is 1.04. The molecule has 2 aliphatic heterocycles. The summed E-state index contributed by atoms with van der Waals surface area (Å²) >= 11 is 1.71. The Hall–Kier alpha value is -1.86. The Morgan fingerprint density at radius 2 is 2.04 bits per heavy atom. The number of aliphatic hydroxyl groups is 1. The molecule has 0 radical (unpaired) electrons. The summed E-state index contributed by atoms with van der Waals surface area (Å²) in [6, 6.07) is 8.28. The first-order valence-corrected chi connectivity index (χ1v) is 9.85. The van der Waals surface area contributed by atoms with Crippen LogP contribution in [0.2, 0.25) is 0 Å². The zero-order valence-electron chi connectivity index (χ0n) is 14.2. The second-order valence-electron chi connectivity index (χ2n) is 6.94. The molecule has 3 heterocycles. The van der Waals surface area contributed by atoms with Crippen LogP contribution in [0.15, 0.2) is 24.3 Å². The van der Waals surface area contributed by atoms with Crippen molar-refractivity contribution >= 4 is 32.7 Å². The molecule has 2 amide bonds. The van der Waals surface area contributed by atoms with Gasteiger partial charge in [0, 0.05) is 32.2 Å². The van der Waals surface area contributed by atoms with Crippen LogP contribution in [0.5, 0.6) is 0 Å². The van der Waals surface area contributed by atoms with Gasteiger partial charge in [-0.15, -0.1) is 0 Å². The van der Waals surface area contributed by atoms with Crippen LogP contribution in [0.4, 0.5) is 9.93 Å². The Bertz CT molecular complexity index is 717. The number of hydrogen-bond donors (Lipinski definition) is 2. The number of amides is 2. The number of nitrogens with one attached hydrogen (secondary N) is 1. The molecule has 2 aliphatic rings. The first-order chi connectivity index (χ1) is 12.2. The number of fused-ring (bicyclic) bond motifs is 1. The molecule has 2 fully saturated rings. The lowest BCUT2D eigenvalue weighted by molar-refractivity contribution is 0.0831. The third-order valence-corrected chi connectivity index (χ3v) is 6.08. The van der Waals surface area contributed by atoms with Crippen molar-refractivity contribution in [2.45, 2.75) is 37.8 Å². The number of carbonyl (C=O) groups excluding carboxylic acids is 1. The summed E-state index contributed by atoms with van der Waals surface area (Å²) in [4.78, 5) is 21.2. The van der Waals surface area contributed by atoms with E-state index < -0.39 is 0 Å². The van der Waals surface area contributed by atoms with E-state index >= 15 is 0 Å². The topological polar surface area (TPSA) is 68.7 Å². The van der Waals surface area contributed by atoms with Gasteiger partial charge >= 0.3 is 6.03 Å². The molecule has 2 saturated heterocycles. The quantitative estimate of drug-likeness (QED) is 0.863. The highest BCUT2D eigenvalue weighted by atomic mass is 32.1. The standard InChI is InChI=1S/C18H24N4O2S/c23-14-6-4-9-21(12-14)17(24)19-13-5-3-10-22(11-13)18-20-15-7-1-2-8-16(15)25-18/h1-2,7-8,13-14,23H,3-6,9-12H2,(H,19,24). The van der Waals surface area contributed by atoms with Gasteiger partial charge in [-0.05, 0) is 37.8 Å². The van der Waals surface area contributed by atoms with E-state index in [1.165, 1.54) is 4.70 Å². The normalized spacial score (nSPS) is 24.5. The second kappa shape index (κ2) is 7.17. The van der Waals surface area contributed by atoms with Crippen LogP contribution in [0.3, 0.4) is 0 Å². The van der Waals surface area contributed by atoms with Crippen molar-refractivity contribution in [2.75, 3.05) is 31.1 Å². The van der Waals surface area contributed by atoms with Crippen molar-refractivity contribution in [2.24, 2.45) is 0 Å². The fraction of sp³-hybridized carbons (Fsp3) is 0.556. The molecule has 0 saturated carbocycles. The molecule has 7 heteroatoms. The average molecular weight is 360 g/mol. The molecular weight excluding hydrogens is 336 g/mol. The van der Waals surface area contributed by atoms with Gasteiger partial charge in [0.25, 0.3) is 0 Å². The minimum absolute atomic E-state index is 0.0464. The molecule has 0 spiro atoms. The largest absolute Gasteiger partial charge is 0.391 e. The van der Waals surface area contributed by atoms with E-state index in [4.69, 9.17) is 4.98 Å². The number of thiazole rings is 1. The number of hydrogen-bond acceptors (Lipinski definition) is 5. The predicted molar refractivity (Wildman–Crippen MR) is 100 cm³/mol. The van der Waals surface area contributed by atoms with E-state index in [0.717, 1.165) is 56.0 Å². The zero-order chi connectivity index (χ0) is 17.2. The van der Waals surface area contributed by atoms with Gasteiger partial charge in [0.1, 0.15) is 0 Å². The molecule has 6 nitrogen and oxygen atoms in total. The van der Waals surface area contributed by atoms with Crippen LogP contribution >= 0.6 is 11.3 Å². The molecule has 1 aromatic carbocycles. The van der Waals surface area contributed by atoms with Crippen LogP contribution < -0.4 is 10.2 Å². The van der Waals surface area contributed by atoms with E-state index in [1.807, 2.05) is 18.2 Å². The van der Waals surface area contributed by atoms with Crippen LogP contribution in [-0.2, 0) is 0 Å². The maximum absolute atomic E-state index is 12.5. The fourth-order valence-electron chi connectivity index (χ4n) is 3.67. The third kappa shape index (κ3) is 3.72. The molecule has 2 N–H and O–H groups in total. The lowest BCUT2D eigenvalue weighted by Crippen LogP contribution is -2.54. The summed E-state index contributed by atoms with van der Waals surface area (Å²) < 4.78 is 1.20. The van der Waals surface area contributed by atoms with Crippen LogP contribution in [-0.4, -0.2) is 59.3 Å². The smallest absolute Gasteiger partial charge is 0.317 e. The van der Waals surface area contributed by atoms with E-state index in [-0.39, 0.29) is 18.2 Å². The van der Waals surface area contributed by atoms with Crippen molar-refractivity contribution in [1.29, 1.82) is 0 Å². The molecule has 25 heavy (non-hydrogen) atoms. The number of piperidine rings is 2. The molecule has 1 aromatic heterocycles. The van der Waals surface area contributed by atoms with Gasteiger partial charge in [-0.3, -0.25) is 0 Å². The van der Waals surface area contributed by atoms with E-state index in [9.17, 15) is 9.90 Å². The molecule has 2 aromatic rings. The lowest BCUT2D eigenvalue weighted by atomic mass is 10.1. The average Bonchev–Trinajstić information content (AvgIpc) is 3.06. The summed E-state index contributed by atoms with van der Waals surface area (Å²) in [6.07, 6.45) is 3.31. The Labute approximate surface area is 151 Å². The van der Waals surface area contributed by atoms with Crippen molar-refractivity contribution < 1.29 is 9.90 Å². The van der Waals surface area contributed by atoms with Gasteiger partial charge in [0.15, 0.2) is 5.13 Å². The van der Waals surface area contributed by atoms with Crippen molar-refractivity contribution in [1.82, 2.24) is 15.2 Å². The van der Waals surface area contributed by atoms with Gasteiger partial charge < -0.3 is 20.2 Å². The Morgan fingerprint density at radius 1 is 1.20 bits per heavy atom. The summed E-state index contributed by atoms with van der Waals surface area (Å²) in [7, 11) is 0. The molecule has 0 aliphatic carbocycles. The molecule has 2 unspecified atom stereocenters. The number of anilines is 1. The second-order valence-corrected chi connectivity index (χ2v) is 7.95. The monoisotopic (exact) mass is 360 g/mol. The number of aliphatic hydroxyl groups excluding tert-OH is 1. The SMILES string of the molecule is O=C(NC1CCCN(c2nc3ccccc3s2)C1)N1CCCC(O)C1. The predicted octanol–water partition coefficient (Wildman–Crippen LogP) is 2.43. The number of nitrogens with zero attached hydrogens (tertiary/aromatic N) is 3. The zero-order valence-corrected chi connectivity index (χ0v) is 15.0. The van der Waals surface area contributed by atoms with Gasteiger partial charge in [-0.25, -0.2) is 9.78 Å². The number of para-hydroxylation sites is 1. The maximum atomic E-state index is 12.5. The number of β-amino-alcohol motifs (C(OH)–C–C–N with tert-alkyl or cyclic N) is 1. The molecule has 0 bridgehead atoms. The van der Waals surface area contributed by atoms with Crippen molar-refractivity contribution in [3.8, 4) is 0 Å². The molecule has 2 atom stereocenters. The highest BCUT2D eigenvalue weighted by Crippen LogP contribution is 2.30. The van der Waals surface area contributed by atoms with Gasteiger partial charge in [0.05, 0.1) is 16.3 Å². The number of benzene rings is 1. The Kier molecular flexibility index (Phi) is 4.76. The van der Waals surface area contributed by atoms with Gasteiger partial charge in [-0.1, -0.05) is 23.5 Å². The van der Waals surface area contributed by atoms with Gasteiger partial charge in [-0.2, -0.15) is 0 Å². The number of urea groups is 1. The van der Waals surface area contributed by atoms with Crippen molar-refractivity contribution in [3.05, 3.63) is 24.3 Å². The van der Waals surface area contributed by atoms with Crippen LogP contribution in [0, 0.1) is 0 Å². The molecule has 134 valence electrons. The first-order valence-electron chi connectivity index (χ1n) is 9.03. The number of likely N-dealkylation sites (tertiary alicyclic amines) is 1. The number of rotatable bonds is 2. The maximum Gasteiger partial charge on any atom is 0.317 e. The number of aromatic nitrogens is 1. The Balaban J connectivity index is 1.39. The highest BCUT2D eigenvalue weighted by Gasteiger charge is 2.27. The van der Waals surface area contributed by atoms with E-state index in [2.05, 4.69) is 16.3 Å². The molecule has 4 rings (SSSR count). The first kappa shape index (κ1) is 16.6. The van der Waals surface area contributed by atoms with Crippen LogP contribution in [0.25, 0.3) is 10.2 Å². The minimum Gasteiger partial charge on any atom is -0.391 e. The number of carbonyl (C=O) groups is 1. The van der Waals surface area contributed by atoms with E-state index in [1.54, 1.807) is 16.2 Å². The third-order valence-electron chi connectivity index (χ3n) is 4.99. The highest BCUT2D eigenvalue weighted by molar-refractivity contribution is 7.22. The van der Waals surface area contributed by atoms with Crippen LogP contribution in [0.1, 0.15) is 25.7 Å². The fourth-order valence-corrected chi connectivity index (χ4v) is 4.67.